The number of benzene rings is 1. The van der Waals surface area contributed by atoms with Crippen LogP contribution in [0.4, 0.5) is 0 Å². The Balaban J connectivity index is 2.50. The van der Waals surface area contributed by atoms with E-state index in [4.69, 9.17) is 4.74 Å². The van der Waals surface area contributed by atoms with Gasteiger partial charge in [0.1, 0.15) is 5.75 Å². The molecule has 78 valence electrons. The van der Waals surface area contributed by atoms with Crippen LogP contribution in [0, 0.1) is 0 Å². The predicted octanol–water partition coefficient (Wildman–Crippen LogP) is 2.24. The van der Waals surface area contributed by atoms with Crippen molar-refractivity contribution in [3.05, 3.63) is 29.8 Å². The minimum Gasteiger partial charge on any atom is -0.497 e. The molecule has 0 aliphatic carbocycles. The molecule has 0 fully saturated rings. The van der Waals surface area contributed by atoms with Crippen molar-refractivity contribution in [2.24, 2.45) is 0 Å². The Hall–Kier alpha value is -1.02. The van der Waals surface area contributed by atoms with Crippen LogP contribution in [0.3, 0.4) is 0 Å². The third-order valence-electron chi connectivity index (χ3n) is 2.49. The van der Waals surface area contributed by atoms with Gasteiger partial charge in [0.25, 0.3) is 0 Å². The molecule has 1 rings (SSSR count). The largest absolute Gasteiger partial charge is 0.497 e. The molecule has 1 N–H and O–H groups in total. The van der Waals surface area contributed by atoms with E-state index < -0.39 is 0 Å². The lowest BCUT2D eigenvalue weighted by Gasteiger charge is -2.10. The highest BCUT2D eigenvalue weighted by Gasteiger charge is 2.00. The maximum Gasteiger partial charge on any atom is 0.119 e. The Morgan fingerprint density at radius 1 is 1.43 bits per heavy atom. The monoisotopic (exact) mass is 193 g/mol. The Labute approximate surface area is 86.3 Å². The zero-order valence-electron chi connectivity index (χ0n) is 9.21. The molecule has 1 aromatic rings. The summed E-state index contributed by atoms with van der Waals surface area (Å²) in [7, 11) is 3.70. The summed E-state index contributed by atoms with van der Waals surface area (Å²) in [5.74, 6) is 0.944. The van der Waals surface area contributed by atoms with Crippen LogP contribution in [-0.2, 0) is 6.42 Å². The van der Waals surface area contributed by atoms with Gasteiger partial charge in [0, 0.05) is 6.04 Å². The molecule has 0 spiro atoms. The van der Waals surface area contributed by atoms with Crippen molar-refractivity contribution >= 4 is 0 Å². The van der Waals surface area contributed by atoms with Crippen molar-refractivity contribution < 1.29 is 4.74 Å². The van der Waals surface area contributed by atoms with E-state index in [1.807, 2.05) is 19.2 Å². The SMILES string of the molecule is CNC(C)CCc1cccc(OC)c1. The molecule has 1 atom stereocenters. The molecule has 0 aliphatic heterocycles. The first-order chi connectivity index (χ1) is 6.76. The molecular formula is C12H19NO. The predicted molar refractivity (Wildman–Crippen MR) is 59.8 cm³/mol. The molecule has 0 saturated carbocycles. The molecule has 0 heterocycles. The number of methoxy groups -OCH3 is 1. The van der Waals surface area contributed by atoms with E-state index in [2.05, 4.69) is 24.4 Å². The van der Waals surface area contributed by atoms with Crippen molar-refractivity contribution in [3.8, 4) is 5.75 Å². The van der Waals surface area contributed by atoms with Gasteiger partial charge in [-0.05, 0) is 44.5 Å². The molecule has 0 saturated heterocycles. The number of ether oxygens (including phenoxy) is 1. The first kappa shape index (κ1) is 11.1. The molecule has 14 heavy (non-hydrogen) atoms. The van der Waals surface area contributed by atoms with Gasteiger partial charge < -0.3 is 10.1 Å². The van der Waals surface area contributed by atoms with Crippen molar-refractivity contribution in [1.82, 2.24) is 5.32 Å². The van der Waals surface area contributed by atoms with Crippen LogP contribution in [0.25, 0.3) is 0 Å². The maximum atomic E-state index is 5.17. The van der Waals surface area contributed by atoms with Gasteiger partial charge in [0.05, 0.1) is 7.11 Å². The number of aryl methyl sites for hydroxylation is 1. The van der Waals surface area contributed by atoms with Gasteiger partial charge in [-0.15, -0.1) is 0 Å². The smallest absolute Gasteiger partial charge is 0.119 e. The molecule has 2 nitrogen and oxygen atoms in total. The van der Waals surface area contributed by atoms with E-state index in [0.717, 1.165) is 18.6 Å². The van der Waals surface area contributed by atoms with E-state index in [1.165, 1.54) is 5.56 Å². The van der Waals surface area contributed by atoms with Gasteiger partial charge in [-0.3, -0.25) is 0 Å². The minimum absolute atomic E-state index is 0.571. The van der Waals surface area contributed by atoms with Crippen LogP contribution in [0.5, 0.6) is 5.75 Å². The first-order valence-corrected chi connectivity index (χ1v) is 5.06. The second-order valence-electron chi connectivity index (χ2n) is 3.58. The zero-order chi connectivity index (χ0) is 10.4. The molecule has 0 amide bonds. The summed E-state index contributed by atoms with van der Waals surface area (Å²) in [5, 5.41) is 3.23. The summed E-state index contributed by atoms with van der Waals surface area (Å²) in [4.78, 5) is 0. The fraction of sp³-hybridized carbons (Fsp3) is 0.500. The van der Waals surface area contributed by atoms with E-state index in [0.29, 0.717) is 6.04 Å². The van der Waals surface area contributed by atoms with Crippen LogP contribution in [0.2, 0.25) is 0 Å². The molecule has 0 radical (unpaired) electrons. The number of nitrogens with one attached hydrogen (secondary N) is 1. The van der Waals surface area contributed by atoms with Crippen LogP contribution in [0.15, 0.2) is 24.3 Å². The lowest BCUT2D eigenvalue weighted by Crippen LogP contribution is -2.21. The van der Waals surface area contributed by atoms with Crippen LogP contribution >= 0.6 is 0 Å². The van der Waals surface area contributed by atoms with E-state index in [-0.39, 0.29) is 0 Å². The van der Waals surface area contributed by atoms with Crippen molar-refractivity contribution in [1.29, 1.82) is 0 Å². The third kappa shape index (κ3) is 3.38. The molecule has 0 aromatic heterocycles. The Morgan fingerprint density at radius 2 is 2.21 bits per heavy atom. The van der Waals surface area contributed by atoms with Gasteiger partial charge >= 0.3 is 0 Å². The van der Waals surface area contributed by atoms with Gasteiger partial charge in [-0.25, -0.2) is 0 Å². The average molecular weight is 193 g/mol. The van der Waals surface area contributed by atoms with Crippen molar-refractivity contribution in [2.75, 3.05) is 14.2 Å². The number of rotatable bonds is 5. The maximum absolute atomic E-state index is 5.17. The number of hydrogen-bond acceptors (Lipinski definition) is 2. The van der Waals surface area contributed by atoms with Gasteiger partial charge in [0.15, 0.2) is 0 Å². The van der Waals surface area contributed by atoms with Crippen LogP contribution in [-0.4, -0.2) is 20.2 Å². The van der Waals surface area contributed by atoms with Crippen LogP contribution in [0.1, 0.15) is 18.9 Å². The zero-order valence-corrected chi connectivity index (χ0v) is 9.21. The van der Waals surface area contributed by atoms with Crippen LogP contribution < -0.4 is 10.1 Å². The average Bonchev–Trinajstić information content (AvgIpc) is 2.26. The molecule has 0 bridgehead atoms. The fourth-order valence-corrected chi connectivity index (χ4v) is 1.36. The summed E-state index contributed by atoms with van der Waals surface area (Å²) < 4.78 is 5.17. The molecule has 0 aliphatic rings. The molecule has 2 heteroatoms. The standard InChI is InChI=1S/C12H19NO/c1-10(13-2)7-8-11-5-4-6-12(9-11)14-3/h4-6,9-10,13H,7-8H2,1-3H3. The summed E-state index contributed by atoms with van der Waals surface area (Å²) in [6.45, 7) is 2.19. The van der Waals surface area contributed by atoms with Crippen molar-refractivity contribution in [2.45, 2.75) is 25.8 Å². The van der Waals surface area contributed by atoms with E-state index in [1.54, 1.807) is 7.11 Å². The lowest BCUT2D eigenvalue weighted by atomic mass is 10.1. The molecular weight excluding hydrogens is 174 g/mol. The van der Waals surface area contributed by atoms with E-state index >= 15 is 0 Å². The minimum atomic E-state index is 0.571. The van der Waals surface area contributed by atoms with Gasteiger partial charge in [-0.2, -0.15) is 0 Å². The second kappa shape index (κ2) is 5.66. The first-order valence-electron chi connectivity index (χ1n) is 5.06. The van der Waals surface area contributed by atoms with Gasteiger partial charge in [0.2, 0.25) is 0 Å². The molecule has 1 aromatic carbocycles. The summed E-state index contributed by atoms with van der Waals surface area (Å²) >= 11 is 0. The fourth-order valence-electron chi connectivity index (χ4n) is 1.36. The van der Waals surface area contributed by atoms with E-state index in [9.17, 15) is 0 Å². The van der Waals surface area contributed by atoms with Gasteiger partial charge in [-0.1, -0.05) is 12.1 Å². The Kier molecular flexibility index (Phi) is 4.47. The summed E-state index contributed by atoms with van der Waals surface area (Å²) in [6.07, 6.45) is 2.25. The third-order valence-corrected chi connectivity index (χ3v) is 2.49. The number of hydrogen-bond donors (Lipinski definition) is 1. The Morgan fingerprint density at radius 3 is 2.86 bits per heavy atom. The highest BCUT2D eigenvalue weighted by molar-refractivity contribution is 5.28. The van der Waals surface area contributed by atoms with Crippen molar-refractivity contribution in [3.63, 3.8) is 0 Å². The molecule has 1 unspecified atom stereocenters. The second-order valence-corrected chi connectivity index (χ2v) is 3.58. The topological polar surface area (TPSA) is 21.3 Å². The lowest BCUT2D eigenvalue weighted by molar-refractivity contribution is 0.414. The highest BCUT2D eigenvalue weighted by Crippen LogP contribution is 2.14. The highest BCUT2D eigenvalue weighted by atomic mass is 16.5. The normalized spacial score (nSPS) is 12.5. The summed E-state index contributed by atoms with van der Waals surface area (Å²) in [5.41, 5.74) is 1.34. The summed E-state index contributed by atoms with van der Waals surface area (Å²) in [6, 6.07) is 8.83. The quantitative estimate of drug-likeness (QED) is 0.774. The Bertz CT molecular complexity index is 273.